The summed E-state index contributed by atoms with van der Waals surface area (Å²) in [5.41, 5.74) is 6.06. The maximum absolute atomic E-state index is 13.2. The van der Waals surface area contributed by atoms with Gasteiger partial charge in [-0.25, -0.2) is 9.78 Å². The Morgan fingerprint density at radius 2 is 1.96 bits per heavy atom. The molecule has 0 bridgehead atoms. The Bertz CT molecular complexity index is 1130. The summed E-state index contributed by atoms with van der Waals surface area (Å²) in [7, 11) is 0. The zero-order chi connectivity index (χ0) is 19.7. The highest BCUT2D eigenvalue weighted by Gasteiger charge is 2.20. The van der Waals surface area contributed by atoms with Crippen molar-refractivity contribution in [3.05, 3.63) is 67.8 Å². The van der Waals surface area contributed by atoms with E-state index in [1.807, 2.05) is 6.07 Å². The first-order valence-corrected chi connectivity index (χ1v) is 8.98. The topological polar surface area (TPSA) is 127 Å². The van der Waals surface area contributed by atoms with Gasteiger partial charge in [0.2, 0.25) is 5.91 Å². The second-order valence-corrected chi connectivity index (χ2v) is 6.99. The lowest BCUT2D eigenvalue weighted by Gasteiger charge is -2.19. The third kappa shape index (κ3) is 3.63. The number of nitrogens with one attached hydrogen (secondary N) is 1. The number of primary amides is 1. The van der Waals surface area contributed by atoms with Gasteiger partial charge in [-0.2, -0.15) is 0 Å². The fraction of sp³-hybridized carbons (Fsp3) is 0.111. The number of hydrogen-bond acceptors (Lipinski definition) is 4. The molecular weight excluding hydrogens is 463 g/mol. The van der Waals surface area contributed by atoms with Gasteiger partial charge in [-0.3, -0.25) is 14.2 Å². The van der Waals surface area contributed by atoms with Gasteiger partial charge in [-0.05, 0) is 59.8 Å². The van der Waals surface area contributed by atoms with Crippen LogP contribution >= 0.6 is 22.6 Å². The van der Waals surface area contributed by atoms with Crippen LogP contribution in [0.25, 0.3) is 16.6 Å². The van der Waals surface area contributed by atoms with Gasteiger partial charge in [0.15, 0.2) is 0 Å². The second kappa shape index (κ2) is 7.35. The maximum atomic E-state index is 13.2. The van der Waals surface area contributed by atoms with Crippen LogP contribution in [0.15, 0.2) is 47.3 Å². The minimum atomic E-state index is -1.24. The van der Waals surface area contributed by atoms with E-state index in [1.54, 1.807) is 31.2 Å². The Labute approximate surface area is 167 Å². The molecule has 2 aromatic carbocycles. The Morgan fingerprint density at radius 1 is 1.26 bits per heavy atom. The number of rotatable bonds is 4. The monoisotopic (exact) mass is 478 g/mol. The van der Waals surface area contributed by atoms with Crippen LogP contribution in [0.1, 0.15) is 29.1 Å². The molecule has 27 heavy (non-hydrogen) atoms. The van der Waals surface area contributed by atoms with Crippen molar-refractivity contribution in [1.29, 1.82) is 0 Å². The summed E-state index contributed by atoms with van der Waals surface area (Å²) in [5, 5.41) is 11.8. The molecule has 0 aliphatic rings. The summed E-state index contributed by atoms with van der Waals surface area (Å²) >= 11 is 2.07. The number of aromatic nitrogens is 2. The molecule has 138 valence electrons. The number of carboxylic acid groups (broad SMARTS) is 1. The SMILES string of the molecule is CC(NC(=O)O)c1nc2c(I)cccc2c(=O)n1-c1cccc(C(N)=O)c1. The van der Waals surface area contributed by atoms with Crippen LogP contribution in [0.4, 0.5) is 4.79 Å². The largest absolute Gasteiger partial charge is 0.465 e. The molecule has 0 saturated heterocycles. The van der Waals surface area contributed by atoms with Gasteiger partial charge in [-0.1, -0.05) is 12.1 Å². The zero-order valence-electron chi connectivity index (χ0n) is 14.1. The van der Waals surface area contributed by atoms with Gasteiger partial charge in [0, 0.05) is 9.13 Å². The smallest absolute Gasteiger partial charge is 0.405 e. The molecule has 3 rings (SSSR count). The molecule has 8 nitrogen and oxygen atoms in total. The minimum absolute atomic E-state index is 0.209. The van der Waals surface area contributed by atoms with Crippen molar-refractivity contribution in [3.63, 3.8) is 0 Å². The van der Waals surface area contributed by atoms with Crippen molar-refractivity contribution < 1.29 is 14.7 Å². The number of benzene rings is 2. The second-order valence-electron chi connectivity index (χ2n) is 5.83. The van der Waals surface area contributed by atoms with Crippen molar-refractivity contribution in [2.24, 2.45) is 5.73 Å². The summed E-state index contributed by atoms with van der Waals surface area (Å²) in [4.78, 5) is 40.4. The molecular formula is C18H15IN4O4. The van der Waals surface area contributed by atoms with Gasteiger partial charge in [0.05, 0.1) is 22.6 Å². The van der Waals surface area contributed by atoms with Crippen LogP contribution in [-0.2, 0) is 0 Å². The van der Waals surface area contributed by atoms with Gasteiger partial charge in [0.25, 0.3) is 5.56 Å². The maximum Gasteiger partial charge on any atom is 0.405 e. The average Bonchev–Trinajstić information content (AvgIpc) is 2.61. The summed E-state index contributed by atoms with van der Waals surface area (Å²) in [5.74, 6) is -0.424. The lowest BCUT2D eigenvalue weighted by molar-refractivity contribution is 0.1000. The number of para-hydroxylation sites is 1. The zero-order valence-corrected chi connectivity index (χ0v) is 16.3. The minimum Gasteiger partial charge on any atom is -0.465 e. The van der Waals surface area contributed by atoms with E-state index in [0.717, 1.165) is 3.57 Å². The highest BCUT2D eigenvalue weighted by Crippen LogP contribution is 2.21. The van der Waals surface area contributed by atoms with E-state index in [-0.39, 0.29) is 16.9 Å². The van der Waals surface area contributed by atoms with Crippen LogP contribution in [0.3, 0.4) is 0 Å². The summed E-state index contributed by atoms with van der Waals surface area (Å²) in [6.45, 7) is 1.59. The Morgan fingerprint density at radius 3 is 2.63 bits per heavy atom. The average molecular weight is 478 g/mol. The number of nitrogens with zero attached hydrogens (tertiary/aromatic N) is 2. The first-order chi connectivity index (χ1) is 12.8. The van der Waals surface area contributed by atoms with E-state index in [0.29, 0.717) is 16.6 Å². The number of halogens is 1. The van der Waals surface area contributed by atoms with Crippen LogP contribution in [0, 0.1) is 3.57 Å². The summed E-state index contributed by atoms with van der Waals surface area (Å²) < 4.78 is 2.06. The molecule has 4 N–H and O–H groups in total. The normalized spacial score (nSPS) is 11.9. The number of carbonyl (C=O) groups excluding carboxylic acids is 1. The molecule has 0 radical (unpaired) electrons. The number of carbonyl (C=O) groups is 2. The van der Waals surface area contributed by atoms with Crippen molar-refractivity contribution in [3.8, 4) is 5.69 Å². The molecule has 1 heterocycles. The van der Waals surface area contributed by atoms with Crippen molar-refractivity contribution in [1.82, 2.24) is 14.9 Å². The molecule has 3 aromatic rings. The molecule has 0 aliphatic heterocycles. The Kier molecular flexibility index (Phi) is 5.13. The third-order valence-electron chi connectivity index (χ3n) is 3.99. The van der Waals surface area contributed by atoms with Crippen LogP contribution < -0.4 is 16.6 Å². The highest BCUT2D eigenvalue weighted by atomic mass is 127. The van der Waals surface area contributed by atoms with E-state index in [1.165, 1.54) is 16.7 Å². The van der Waals surface area contributed by atoms with Gasteiger partial charge >= 0.3 is 6.09 Å². The lowest BCUT2D eigenvalue weighted by Crippen LogP contribution is -2.32. The number of hydrogen-bond donors (Lipinski definition) is 3. The van der Waals surface area contributed by atoms with E-state index in [4.69, 9.17) is 10.8 Å². The van der Waals surface area contributed by atoms with Crippen molar-refractivity contribution >= 4 is 45.5 Å². The van der Waals surface area contributed by atoms with E-state index >= 15 is 0 Å². The van der Waals surface area contributed by atoms with Gasteiger partial charge in [-0.15, -0.1) is 0 Å². The molecule has 0 spiro atoms. The number of nitrogens with two attached hydrogens (primary N) is 1. The van der Waals surface area contributed by atoms with Gasteiger partial charge in [0.1, 0.15) is 5.82 Å². The highest BCUT2D eigenvalue weighted by molar-refractivity contribution is 14.1. The van der Waals surface area contributed by atoms with E-state index in [2.05, 4.69) is 32.9 Å². The van der Waals surface area contributed by atoms with Crippen LogP contribution in [0.5, 0.6) is 0 Å². The fourth-order valence-electron chi connectivity index (χ4n) is 2.78. The predicted molar refractivity (Wildman–Crippen MR) is 108 cm³/mol. The third-order valence-corrected chi connectivity index (χ3v) is 4.86. The summed E-state index contributed by atoms with van der Waals surface area (Å²) in [6.07, 6.45) is -1.24. The molecule has 1 aromatic heterocycles. The first kappa shape index (κ1) is 18.8. The molecule has 1 unspecified atom stereocenters. The van der Waals surface area contributed by atoms with Crippen LogP contribution in [0.2, 0.25) is 0 Å². The van der Waals surface area contributed by atoms with Gasteiger partial charge < -0.3 is 16.2 Å². The molecule has 0 saturated carbocycles. The Balaban J connectivity index is 2.37. The molecule has 0 aliphatic carbocycles. The molecule has 0 fully saturated rings. The van der Waals surface area contributed by atoms with E-state index in [9.17, 15) is 14.4 Å². The first-order valence-electron chi connectivity index (χ1n) is 7.90. The summed E-state index contributed by atoms with van der Waals surface area (Å²) in [6, 6.07) is 10.7. The standard InChI is InChI=1S/C18H15IN4O4/c1-9(21-18(26)27)16-22-14-12(6-3-7-13(14)19)17(25)23(16)11-5-2-4-10(8-11)15(20)24/h2-9,21H,1H3,(H2,20,24)(H,26,27). The lowest BCUT2D eigenvalue weighted by atomic mass is 10.1. The predicted octanol–water partition coefficient (Wildman–Crippen LogP) is 2.42. The van der Waals surface area contributed by atoms with Crippen LogP contribution in [-0.4, -0.2) is 26.7 Å². The Hall–Kier alpha value is -2.95. The number of amides is 2. The molecule has 2 amide bonds. The van der Waals surface area contributed by atoms with Crippen molar-refractivity contribution in [2.75, 3.05) is 0 Å². The van der Waals surface area contributed by atoms with E-state index < -0.39 is 18.0 Å². The number of fused-ring (bicyclic) bond motifs is 1. The molecule has 1 atom stereocenters. The molecule has 9 heteroatoms. The quantitative estimate of drug-likeness (QED) is 0.497. The van der Waals surface area contributed by atoms with Crippen molar-refractivity contribution in [2.45, 2.75) is 13.0 Å². The fourth-order valence-corrected chi connectivity index (χ4v) is 3.40.